The van der Waals surface area contributed by atoms with Crippen molar-refractivity contribution in [3.05, 3.63) is 54.1 Å². The lowest BCUT2D eigenvalue weighted by Crippen LogP contribution is -2.29. The summed E-state index contributed by atoms with van der Waals surface area (Å²) in [4.78, 5) is 35.2. The lowest BCUT2D eigenvalue weighted by molar-refractivity contribution is -0.148. The van der Waals surface area contributed by atoms with Gasteiger partial charge in [-0.15, -0.1) is 0 Å². The molecule has 0 aromatic heterocycles. The molecule has 8 nitrogen and oxygen atoms in total. The Morgan fingerprint density at radius 1 is 1.00 bits per heavy atom. The van der Waals surface area contributed by atoms with Gasteiger partial charge in [-0.1, -0.05) is 6.07 Å². The quantitative estimate of drug-likeness (QED) is 0.575. The second-order valence-corrected chi connectivity index (χ2v) is 6.27. The van der Waals surface area contributed by atoms with Crippen molar-refractivity contribution in [2.75, 3.05) is 17.4 Å². The number of carbonyl (C=O) groups excluding carboxylic acids is 3. The second kappa shape index (κ2) is 8.92. The van der Waals surface area contributed by atoms with Gasteiger partial charge in [-0.05, 0) is 55.0 Å². The molecule has 3 rings (SSSR count). The first-order chi connectivity index (χ1) is 13.9. The van der Waals surface area contributed by atoms with E-state index < -0.39 is 18.0 Å². The molecule has 1 aliphatic rings. The van der Waals surface area contributed by atoms with Crippen LogP contribution in [0.1, 0.15) is 19.4 Å². The van der Waals surface area contributed by atoms with Gasteiger partial charge in [0.2, 0.25) is 12.7 Å². The molecular formula is C21H20N2O6. The van der Waals surface area contributed by atoms with Crippen molar-refractivity contribution in [1.82, 2.24) is 0 Å². The van der Waals surface area contributed by atoms with Crippen molar-refractivity contribution in [2.45, 2.75) is 20.0 Å². The lowest BCUT2D eigenvalue weighted by atomic mass is 10.2. The van der Waals surface area contributed by atoms with E-state index in [0.29, 0.717) is 22.9 Å². The van der Waals surface area contributed by atoms with Crippen LogP contribution in [0, 0.1) is 0 Å². The molecule has 2 N–H and O–H groups in total. The summed E-state index contributed by atoms with van der Waals surface area (Å²) in [5.41, 5.74) is 1.87. The van der Waals surface area contributed by atoms with Gasteiger partial charge in [0, 0.05) is 24.4 Å². The van der Waals surface area contributed by atoms with Crippen LogP contribution in [0.15, 0.2) is 48.5 Å². The summed E-state index contributed by atoms with van der Waals surface area (Å²) in [6.07, 6.45) is 1.82. The molecule has 2 aromatic carbocycles. The maximum absolute atomic E-state index is 12.2. The van der Waals surface area contributed by atoms with Crippen LogP contribution in [0.5, 0.6) is 11.5 Å². The summed E-state index contributed by atoms with van der Waals surface area (Å²) in [5, 5.41) is 5.28. The predicted octanol–water partition coefficient (Wildman–Crippen LogP) is 2.96. The van der Waals surface area contributed by atoms with Crippen LogP contribution >= 0.6 is 0 Å². The highest BCUT2D eigenvalue weighted by molar-refractivity contribution is 5.97. The van der Waals surface area contributed by atoms with Crippen molar-refractivity contribution in [1.29, 1.82) is 0 Å². The Kier molecular flexibility index (Phi) is 6.13. The third-order valence-electron chi connectivity index (χ3n) is 3.94. The number of benzene rings is 2. The molecule has 0 fully saturated rings. The zero-order chi connectivity index (χ0) is 20.8. The van der Waals surface area contributed by atoms with E-state index in [4.69, 9.17) is 14.2 Å². The molecule has 8 heteroatoms. The van der Waals surface area contributed by atoms with E-state index in [-0.39, 0.29) is 12.7 Å². The molecule has 0 spiro atoms. The molecule has 0 saturated carbocycles. The normalized spacial score (nSPS) is 13.0. The zero-order valence-corrected chi connectivity index (χ0v) is 15.9. The number of carbonyl (C=O) groups is 3. The highest BCUT2D eigenvalue weighted by atomic mass is 16.7. The van der Waals surface area contributed by atoms with Crippen molar-refractivity contribution in [2.24, 2.45) is 0 Å². The van der Waals surface area contributed by atoms with Crippen LogP contribution in [0.4, 0.5) is 11.4 Å². The number of hydrogen-bond acceptors (Lipinski definition) is 6. The minimum absolute atomic E-state index is 0.174. The van der Waals surface area contributed by atoms with E-state index in [1.165, 1.54) is 19.9 Å². The Bertz CT molecular complexity index is 952. The summed E-state index contributed by atoms with van der Waals surface area (Å²) >= 11 is 0. The highest BCUT2D eigenvalue weighted by Crippen LogP contribution is 2.32. The van der Waals surface area contributed by atoms with E-state index in [2.05, 4.69) is 10.6 Å². The van der Waals surface area contributed by atoms with Crippen molar-refractivity contribution >= 4 is 35.2 Å². The number of ether oxygens (including phenoxy) is 3. The molecule has 1 atom stereocenters. The van der Waals surface area contributed by atoms with E-state index in [9.17, 15) is 14.4 Å². The van der Waals surface area contributed by atoms with Gasteiger partial charge in [0.1, 0.15) is 0 Å². The Hall–Kier alpha value is -3.81. The standard InChI is InChI=1S/C21H20N2O6/c1-13(21(26)23-17-7-5-16(6-8-17)22-14(2)24)29-20(25)10-4-15-3-9-18-19(11-15)28-12-27-18/h3-11,13H,12H2,1-2H3,(H,22,24)(H,23,26)/b10-4+/t13-/m1/s1. The molecule has 1 aliphatic heterocycles. The molecule has 0 bridgehead atoms. The first-order valence-electron chi connectivity index (χ1n) is 8.87. The average Bonchev–Trinajstić information content (AvgIpc) is 3.15. The van der Waals surface area contributed by atoms with Crippen LogP contribution in [0.25, 0.3) is 6.08 Å². The maximum Gasteiger partial charge on any atom is 0.331 e. The van der Waals surface area contributed by atoms with E-state index in [0.717, 1.165) is 5.56 Å². The van der Waals surface area contributed by atoms with Gasteiger partial charge in [0.15, 0.2) is 17.6 Å². The molecule has 0 saturated heterocycles. The molecule has 0 aliphatic carbocycles. The summed E-state index contributed by atoms with van der Waals surface area (Å²) in [6, 6.07) is 11.9. The molecular weight excluding hydrogens is 376 g/mol. The van der Waals surface area contributed by atoms with Crippen LogP contribution in [0.2, 0.25) is 0 Å². The Balaban J connectivity index is 1.51. The van der Waals surface area contributed by atoms with Gasteiger partial charge in [-0.25, -0.2) is 4.79 Å². The number of anilines is 2. The van der Waals surface area contributed by atoms with Gasteiger partial charge in [-0.2, -0.15) is 0 Å². The van der Waals surface area contributed by atoms with Crippen LogP contribution in [0.3, 0.4) is 0 Å². The van der Waals surface area contributed by atoms with Crippen molar-refractivity contribution in [3.8, 4) is 11.5 Å². The third kappa shape index (κ3) is 5.58. The highest BCUT2D eigenvalue weighted by Gasteiger charge is 2.17. The van der Waals surface area contributed by atoms with E-state index in [1.807, 2.05) is 0 Å². The largest absolute Gasteiger partial charge is 0.454 e. The van der Waals surface area contributed by atoms with Gasteiger partial charge in [0.05, 0.1) is 0 Å². The fourth-order valence-corrected chi connectivity index (χ4v) is 2.53. The second-order valence-electron chi connectivity index (χ2n) is 6.27. The van der Waals surface area contributed by atoms with E-state index >= 15 is 0 Å². The number of hydrogen-bond donors (Lipinski definition) is 2. The number of esters is 1. The average molecular weight is 396 g/mol. The molecule has 0 radical (unpaired) electrons. The van der Waals surface area contributed by atoms with Gasteiger partial charge in [0.25, 0.3) is 5.91 Å². The summed E-state index contributed by atoms with van der Waals surface area (Å²) in [6.45, 7) is 3.06. The molecule has 29 heavy (non-hydrogen) atoms. The monoisotopic (exact) mass is 396 g/mol. The number of nitrogens with one attached hydrogen (secondary N) is 2. The SMILES string of the molecule is CC(=O)Nc1ccc(NC(=O)[C@@H](C)OC(=O)/C=C/c2ccc3c(c2)OCO3)cc1. The number of rotatable bonds is 6. The number of fused-ring (bicyclic) bond motifs is 1. The van der Waals surface area contributed by atoms with E-state index in [1.54, 1.807) is 48.5 Å². The summed E-state index contributed by atoms with van der Waals surface area (Å²) in [7, 11) is 0. The summed E-state index contributed by atoms with van der Waals surface area (Å²) in [5.74, 6) is -0.0394. The molecule has 150 valence electrons. The van der Waals surface area contributed by atoms with Gasteiger partial charge >= 0.3 is 5.97 Å². The molecule has 2 amide bonds. The van der Waals surface area contributed by atoms with Crippen molar-refractivity contribution in [3.63, 3.8) is 0 Å². The molecule has 2 aromatic rings. The van der Waals surface area contributed by atoms with Crippen LogP contribution in [-0.2, 0) is 19.1 Å². The van der Waals surface area contributed by atoms with Crippen molar-refractivity contribution < 1.29 is 28.6 Å². The Morgan fingerprint density at radius 2 is 1.66 bits per heavy atom. The Morgan fingerprint density at radius 3 is 2.34 bits per heavy atom. The van der Waals surface area contributed by atoms with Gasteiger partial charge in [-0.3, -0.25) is 9.59 Å². The predicted molar refractivity (Wildman–Crippen MR) is 107 cm³/mol. The minimum Gasteiger partial charge on any atom is -0.454 e. The lowest BCUT2D eigenvalue weighted by Gasteiger charge is -2.12. The van der Waals surface area contributed by atoms with Crippen LogP contribution in [-0.4, -0.2) is 30.7 Å². The number of amides is 2. The Labute approximate surface area is 167 Å². The fraction of sp³-hybridized carbons (Fsp3) is 0.190. The first kappa shape index (κ1) is 19.9. The third-order valence-corrected chi connectivity index (χ3v) is 3.94. The zero-order valence-electron chi connectivity index (χ0n) is 15.9. The van der Waals surface area contributed by atoms with Crippen LogP contribution < -0.4 is 20.1 Å². The maximum atomic E-state index is 12.2. The summed E-state index contributed by atoms with van der Waals surface area (Å²) < 4.78 is 15.6. The smallest absolute Gasteiger partial charge is 0.331 e. The molecule has 0 unspecified atom stereocenters. The molecule has 1 heterocycles. The first-order valence-corrected chi connectivity index (χ1v) is 8.87. The fourth-order valence-electron chi connectivity index (χ4n) is 2.53. The minimum atomic E-state index is -0.987. The topological polar surface area (TPSA) is 103 Å². The van der Waals surface area contributed by atoms with Gasteiger partial charge < -0.3 is 24.8 Å².